The minimum absolute atomic E-state index is 0.695. The Morgan fingerprint density at radius 2 is 1.80 bits per heavy atom. The van der Waals surface area contributed by atoms with Gasteiger partial charge in [0, 0.05) is 25.9 Å². The van der Waals surface area contributed by atoms with E-state index < -0.39 is 0 Å². The number of ether oxygens (including phenoxy) is 1. The second kappa shape index (κ2) is 9.82. The number of hydrogen-bond acceptors (Lipinski definition) is 2. The van der Waals surface area contributed by atoms with Crippen molar-refractivity contribution in [3.8, 4) is 0 Å². The highest BCUT2D eigenvalue weighted by Gasteiger charge is 2.12. The average Bonchev–Trinajstić information content (AvgIpc) is 2.49. The third-order valence-electron chi connectivity index (χ3n) is 4.02. The fourth-order valence-corrected chi connectivity index (χ4v) is 2.62. The number of hydrogen-bond donors (Lipinski definition) is 0. The first-order valence-corrected chi connectivity index (χ1v) is 8.07. The number of rotatable bonds is 10. The van der Waals surface area contributed by atoms with Crippen molar-refractivity contribution in [3.63, 3.8) is 0 Å². The van der Waals surface area contributed by atoms with Crippen molar-refractivity contribution in [2.45, 2.75) is 53.1 Å². The van der Waals surface area contributed by atoms with E-state index in [2.05, 4.69) is 49.9 Å². The molecule has 1 unspecified atom stereocenters. The lowest BCUT2D eigenvalue weighted by Crippen LogP contribution is -2.29. The smallest absolute Gasteiger partial charge is 0.0713 e. The van der Waals surface area contributed by atoms with Crippen LogP contribution in [0.2, 0.25) is 0 Å². The van der Waals surface area contributed by atoms with E-state index in [-0.39, 0.29) is 0 Å². The predicted molar refractivity (Wildman–Crippen MR) is 88.3 cm³/mol. The van der Waals surface area contributed by atoms with Gasteiger partial charge in [0.1, 0.15) is 0 Å². The van der Waals surface area contributed by atoms with Crippen molar-refractivity contribution in [1.29, 1.82) is 0 Å². The third kappa shape index (κ3) is 5.54. The summed E-state index contributed by atoms with van der Waals surface area (Å²) < 4.78 is 5.17. The maximum atomic E-state index is 5.17. The van der Waals surface area contributed by atoms with Gasteiger partial charge in [0.25, 0.3) is 0 Å². The first kappa shape index (κ1) is 17.0. The summed E-state index contributed by atoms with van der Waals surface area (Å²) in [6.45, 7) is 9.79. The molecule has 0 aliphatic rings. The van der Waals surface area contributed by atoms with E-state index in [0.29, 0.717) is 6.61 Å². The first-order valence-electron chi connectivity index (χ1n) is 8.07. The molecular weight excluding hydrogens is 246 g/mol. The molecule has 1 aromatic carbocycles. The van der Waals surface area contributed by atoms with Crippen LogP contribution in [0, 0.1) is 5.92 Å². The van der Waals surface area contributed by atoms with Gasteiger partial charge >= 0.3 is 0 Å². The summed E-state index contributed by atoms with van der Waals surface area (Å²) >= 11 is 0. The number of unbranched alkanes of at least 4 members (excludes halogenated alkanes) is 1. The molecule has 20 heavy (non-hydrogen) atoms. The molecule has 0 saturated heterocycles. The summed E-state index contributed by atoms with van der Waals surface area (Å²) in [5.41, 5.74) is 2.58. The Bertz CT molecular complexity index is 347. The quantitative estimate of drug-likeness (QED) is 0.604. The minimum Gasteiger partial charge on any atom is -0.380 e. The van der Waals surface area contributed by atoms with E-state index in [1.165, 1.54) is 43.5 Å². The van der Waals surface area contributed by atoms with Crippen LogP contribution in [0.25, 0.3) is 0 Å². The predicted octanol–water partition coefficient (Wildman–Crippen LogP) is 4.88. The monoisotopic (exact) mass is 277 g/mol. The van der Waals surface area contributed by atoms with Crippen molar-refractivity contribution in [2.24, 2.45) is 5.92 Å². The molecule has 0 amide bonds. The van der Waals surface area contributed by atoms with E-state index in [4.69, 9.17) is 4.74 Å². The Morgan fingerprint density at radius 1 is 1.10 bits per heavy atom. The van der Waals surface area contributed by atoms with E-state index in [1.54, 1.807) is 7.11 Å². The number of anilines is 1. The largest absolute Gasteiger partial charge is 0.380 e. The zero-order valence-corrected chi connectivity index (χ0v) is 13.7. The lowest BCUT2D eigenvalue weighted by atomic mass is 9.98. The van der Waals surface area contributed by atoms with Gasteiger partial charge in [-0.15, -0.1) is 0 Å². The Morgan fingerprint density at radius 3 is 2.30 bits per heavy atom. The van der Waals surface area contributed by atoms with E-state index in [0.717, 1.165) is 12.5 Å². The van der Waals surface area contributed by atoms with Crippen LogP contribution in [0.5, 0.6) is 0 Å². The van der Waals surface area contributed by atoms with Crippen LogP contribution >= 0.6 is 0 Å². The van der Waals surface area contributed by atoms with Gasteiger partial charge in [0.05, 0.1) is 6.61 Å². The Balaban J connectivity index is 2.64. The molecule has 0 saturated carbocycles. The molecule has 0 radical (unpaired) electrons. The number of benzene rings is 1. The molecule has 114 valence electrons. The Kier molecular flexibility index (Phi) is 8.36. The zero-order chi connectivity index (χ0) is 14.8. The fraction of sp³-hybridized carbons (Fsp3) is 0.667. The zero-order valence-electron chi connectivity index (χ0n) is 13.7. The van der Waals surface area contributed by atoms with Gasteiger partial charge < -0.3 is 9.64 Å². The molecule has 0 spiro atoms. The van der Waals surface area contributed by atoms with Gasteiger partial charge in [-0.3, -0.25) is 0 Å². The highest BCUT2D eigenvalue weighted by atomic mass is 16.5. The highest BCUT2D eigenvalue weighted by Crippen LogP contribution is 2.20. The van der Waals surface area contributed by atoms with Gasteiger partial charge in [-0.2, -0.15) is 0 Å². The summed E-state index contributed by atoms with van der Waals surface area (Å²) in [4.78, 5) is 2.50. The molecule has 0 heterocycles. The molecule has 0 fully saturated rings. The van der Waals surface area contributed by atoms with Gasteiger partial charge in [0.15, 0.2) is 0 Å². The molecule has 0 aromatic heterocycles. The average molecular weight is 277 g/mol. The van der Waals surface area contributed by atoms with Crippen molar-refractivity contribution < 1.29 is 4.74 Å². The second-order valence-electron chi connectivity index (χ2n) is 5.55. The summed E-state index contributed by atoms with van der Waals surface area (Å²) in [5.74, 6) is 0.813. The van der Waals surface area contributed by atoms with E-state index >= 15 is 0 Å². The van der Waals surface area contributed by atoms with Crippen LogP contribution in [-0.2, 0) is 11.3 Å². The summed E-state index contributed by atoms with van der Waals surface area (Å²) in [7, 11) is 1.74. The van der Waals surface area contributed by atoms with Crippen LogP contribution < -0.4 is 4.90 Å². The summed E-state index contributed by atoms with van der Waals surface area (Å²) in [6.07, 6.45) is 5.28. The van der Waals surface area contributed by atoms with Crippen molar-refractivity contribution in [3.05, 3.63) is 29.8 Å². The van der Waals surface area contributed by atoms with Gasteiger partial charge in [-0.05, 0) is 37.0 Å². The second-order valence-corrected chi connectivity index (χ2v) is 5.55. The van der Waals surface area contributed by atoms with Crippen molar-refractivity contribution in [1.82, 2.24) is 0 Å². The first-order chi connectivity index (χ1) is 9.74. The third-order valence-corrected chi connectivity index (χ3v) is 4.02. The Hall–Kier alpha value is -1.02. The van der Waals surface area contributed by atoms with Gasteiger partial charge in [0.2, 0.25) is 0 Å². The Labute approximate surface area is 125 Å². The van der Waals surface area contributed by atoms with Crippen LogP contribution in [-0.4, -0.2) is 20.2 Å². The highest BCUT2D eigenvalue weighted by molar-refractivity contribution is 5.47. The lowest BCUT2D eigenvalue weighted by molar-refractivity contribution is 0.185. The number of methoxy groups -OCH3 is 1. The SMILES string of the molecule is CCCCC(CC)CN(CC)c1ccc(COC)cc1. The molecule has 2 heteroatoms. The van der Waals surface area contributed by atoms with Crippen LogP contribution in [0.4, 0.5) is 5.69 Å². The molecule has 2 nitrogen and oxygen atoms in total. The molecular formula is C18H31NO. The molecule has 1 rings (SSSR count). The molecule has 0 aliphatic heterocycles. The summed E-state index contributed by atoms with van der Waals surface area (Å²) in [6, 6.07) is 8.80. The molecule has 0 bridgehead atoms. The maximum absolute atomic E-state index is 5.17. The normalized spacial score (nSPS) is 12.4. The minimum atomic E-state index is 0.695. The number of nitrogens with zero attached hydrogens (tertiary/aromatic N) is 1. The van der Waals surface area contributed by atoms with Gasteiger partial charge in [-0.25, -0.2) is 0 Å². The fourth-order valence-electron chi connectivity index (χ4n) is 2.62. The molecule has 0 aliphatic carbocycles. The van der Waals surface area contributed by atoms with Crippen molar-refractivity contribution in [2.75, 3.05) is 25.1 Å². The van der Waals surface area contributed by atoms with E-state index in [1.807, 2.05) is 0 Å². The van der Waals surface area contributed by atoms with Crippen LogP contribution in [0.15, 0.2) is 24.3 Å². The lowest BCUT2D eigenvalue weighted by Gasteiger charge is -2.28. The molecule has 1 atom stereocenters. The van der Waals surface area contributed by atoms with Gasteiger partial charge in [-0.1, -0.05) is 45.2 Å². The van der Waals surface area contributed by atoms with Crippen molar-refractivity contribution >= 4 is 5.69 Å². The van der Waals surface area contributed by atoms with E-state index in [9.17, 15) is 0 Å². The molecule has 0 N–H and O–H groups in total. The van der Waals surface area contributed by atoms with Crippen LogP contribution in [0.1, 0.15) is 52.0 Å². The summed E-state index contributed by atoms with van der Waals surface area (Å²) in [5, 5.41) is 0. The topological polar surface area (TPSA) is 12.5 Å². The standard InChI is InChI=1S/C18H31NO/c1-5-8-9-16(6-2)14-19(7-3)18-12-10-17(11-13-18)15-20-4/h10-13,16H,5-9,14-15H2,1-4H3. The molecule has 1 aromatic rings. The maximum Gasteiger partial charge on any atom is 0.0713 e. The van der Waals surface area contributed by atoms with Crippen LogP contribution in [0.3, 0.4) is 0 Å².